The summed E-state index contributed by atoms with van der Waals surface area (Å²) in [6.45, 7) is 4.59. The van der Waals surface area contributed by atoms with Gasteiger partial charge in [0, 0.05) is 29.2 Å². The summed E-state index contributed by atoms with van der Waals surface area (Å²) < 4.78 is 0.828. The van der Waals surface area contributed by atoms with Gasteiger partial charge in [-0.25, -0.2) is 0 Å². The lowest BCUT2D eigenvalue weighted by Gasteiger charge is -2.12. The second-order valence-electron chi connectivity index (χ2n) is 4.36. The number of amides is 1. The van der Waals surface area contributed by atoms with Gasteiger partial charge in [0.05, 0.1) is 11.6 Å². The number of carbonyl (C=O) groups is 1. The van der Waals surface area contributed by atoms with Crippen molar-refractivity contribution < 1.29 is 4.79 Å². The lowest BCUT2D eigenvalue weighted by Crippen LogP contribution is -2.32. The highest BCUT2D eigenvalue weighted by atomic mass is 79.9. The highest BCUT2D eigenvalue weighted by molar-refractivity contribution is 9.10. The van der Waals surface area contributed by atoms with Crippen molar-refractivity contribution in [3.8, 4) is 6.07 Å². The standard InChI is InChI=1S/C14H18BrN3O/c1-3-10(2)18-14(19)6-7-17-13-5-4-11(9-16)8-12(13)15/h4-5,8,10,17H,3,6-7H2,1-2H3,(H,18,19). The number of rotatable bonds is 6. The van der Waals surface area contributed by atoms with E-state index in [0.717, 1.165) is 16.6 Å². The first kappa shape index (κ1) is 15.5. The third-order valence-corrected chi connectivity index (χ3v) is 3.44. The summed E-state index contributed by atoms with van der Waals surface area (Å²) >= 11 is 3.39. The lowest BCUT2D eigenvalue weighted by atomic mass is 10.2. The summed E-state index contributed by atoms with van der Waals surface area (Å²) in [4.78, 5) is 11.6. The quantitative estimate of drug-likeness (QED) is 0.845. The van der Waals surface area contributed by atoms with Crippen LogP contribution in [0.2, 0.25) is 0 Å². The number of halogens is 1. The monoisotopic (exact) mass is 323 g/mol. The van der Waals surface area contributed by atoms with Crippen LogP contribution in [0.5, 0.6) is 0 Å². The van der Waals surface area contributed by atoms with E-state index in [-0.39, 0.29) is 11.9 Å². The molecule has 19 heavy (non-hydrogen) atoms. The maximum absolute atomic E-state index is 11.6. The molecule has 2 N–H and O–H groups in total. The average molecular weight is 324 g/mol. The van der Waals surface area contributed by atoms with Crippen LogP contribution >= 0.6 is 15.9 Å². The number of hydrogen-bond acceptors (Lipinski definition) is 3. The Bertz CT molecular complexity index is 482. The number of benzene rings is 1. The van der Waals surface area contributed by atoms with Crippen LogP contribution in [0.4, 0.5) is 5.69 Å². The Morgan fingerprint density at radius 2 is 2.26 bits per heavy atom. The molecule has 1 amide bonds. The molecule has 0 aliphatic rings. The zero-order valence-corrected chi connectivity index (χ0v) is 12.8. The van der Waals surface area contributed by atoms with Crippen molar-refractivity contribution in [1.29, 1.82) is 5.26 Å². The molecule has 0 saturated carbocycles. The van der Waals surface area contributed by atoms with Gasteiger partial charge in [0.25, 0.3) is 0 Å². The van der Waals surface area contributed by atoms with Gasteiger partial charge in [-0.3, -0.25) is 4.79 Å². The molecule has 0 aliphatic carbocycles. The van der Waals surface area contributed by atoms with E-state index in [0.29, 0.717) is 18.5 Å². The van der Waals surface area contributed by atoms with Gasteiger partial charge in [0.1, 0.15) is 0 Å². The smallest absolute Gasteiger partial charge is 0.221 e. The average Bonchev–Trinajstić information content (AvgIpc) is 2.40. The lowest BCUT2D eigenvalue weighted by molar-refractivity contribution is -0.121. The van der Waals surface area contributed by atoms with Gasteiger partial charge in [-0.15, -0.1) is 0 Å². The van der Waals surface area contributed by atoms with Gasteiger partial charge in [0.15, 0.2) is 0 Å². The molecular weight excluding hydrogens is 306 g/mol. The van der Waals surface area contributed by atoms with Crippen LogP contribution in [-0.2, 0) is 4.79 Å². The summed E-state index contributed by atoms with van der Waals surface area (Å²) in [5.74, 6) is 0.0478. The summed E-state index contributed by atoms with van der Waals surface area (Å²) in [6, 6.07) is 7.61. The summed E-state index contributed by atoms with van der Waals surface area (Å²) in [6.07, 6.45) is 1.36. The first-order valence-electron chi connectivity index (χ1n) is 6.29. The number of anilines is 1. The Balaban J connectivity index is 2.41. The van der Waals surface area contributed by atoms with Crippen LogP contribution in [0.15, 0.2) is 22.7 Å². The highest BCUT2D eigenvalue weighted by Gasteiger charge is 2.06. The maximum atomic E-state index is 11.6. The molecule has 0 radical (unpaired) electrons. The van der Waals surface area contributed by atoms with Crippen molar-refractivity contribution in [1.82, 2.24) is 5.32 Å². The van der Waals surface area contributed by atoms with Crippen LogP contribution in [0.3, 0.4) is 0 Å². The normalized spacial score (nSPS) is 11.5. The maximum Gasteiger partial charge on any atom is 0.221 e. The van der Waals surface area contributed by atoms with E-state index < -0.39 is 0 Å². The molecule has 1 atom stereocenters. The number of hydrogen-bond donors (Lipinski definition) is 2. The van der Waals surface area contributed by atoms with Crippen LogP contribution in [0.25, 0.3) is 0 Å². The Morgan fingerprint density at radius 3 is 2.84 bits per heavy atom. The fraction of sp³-hybridized carbons (Fsp3) is 0.429. The Labute approximate surface area is 122 Å². The molecule has 1 aromatic rings. The third-order valence-electron chi connectivity index (χ3n) is 2.79. The van der Waals surface area contributed by atoms with Gasteiger partial charge in [-0.1, -0.05) is 6.92 Å². The van der Waals surface area contributed by atoms with Gasteiger partial charge in [0.2, 0.25) is 5.91 Å². The van der Waals surface area contributed by atoms with Crippen LogP contribution in [0.1, 0.15) is 32.3 Å². The minimum absolute atomic E-state index is 0.0478. The largest absolute Gasteiger partial charge is 0.384 e. The number of carbonyl (C=O) groups excluding carboxylic acids is 1. The third kappa shape index (κ3) is 5.31. The second kappa shape index (κ2) is 7.80. The van der Waals surface area contributed by atoms with Gasteiger partial charge in [-0.05, 0) is 47.5 Å². The predicted octanol–water partition coefficient (Wildman–Crippen LogP) is 3.04. The van der Waals surface area contributed by atoms with E-state index in [9.17, 15) is 4.79 Å². The van der Waals surface area contributed by atoms with Gasteiger partial charge >= 0.3 is 0 Å². The highest BCUT2D eigenvalue weighted by Crippen LogP contribution is 2.23. The Morgan fingerprint density at radius 1 is 1.53 bits per heavy atom. The van der Waals surface area contributed by atoms with Gasteiger partial charge < -0.3 is 10.6 Å². The molecule has 0 fully saturated rings. The Kier molecular flexibility index (Phi) is 6.37. The first-order valence-corrected chi connectivity index (χ1v) is 7.09. The molecule has 4 nitrogen and oxygen atoms in total. The number of nitrogens with zero attached hydrogens (tertiary/aromatic N) is 1. The summed E-state index contributed by atoms with van der Waals surface area (Å²) in [5, 5.41) is 14.8. The second-order valence-corrected chi connectivity index (χ2v) is 5.21. The number of nitrogens with one attached hydrogen (secondary N) is 2. The van der Waals surface area contributed by atoms with E-state index in [1.54, 1.807) is 12.1 Å². The molecule has 0 bridgehead atoms. The molecule has 0 aromatic heterocycles. The first-order chi connectivity index (χ1) is 9.06. The molecule has 1 rings (SSSR count). The van der Waals surface area contributed by atoms with Crippen molar-refractivity contribution in [2.24, 2.45) is 0 Å². The van der Waals surface area contributed by atoms with E-state index >= 15 is 0 Å². The molecule has 0 saturated heterocycles. The molecule has 1 unspecified atom stereocenters. The Hall–Kier alpha value is -1.54. The van der Waals surface area contributed by atoms with Crippen LogP contribution in [-0.4, -0.2) is 18.5 Å². The molecule has 1 aromatic carbocycles. The predicted molar refractivity (Wildman–Crippen MR) is 79.9 cm³/mol. The van der Waals surface area contributed by atoms with Crippen LogP contribution in [0, 0.1) is 11.3 Å². The SMILES string of the molecule is CCC(C)NC(=O)CCNc1ccc(C#N)cc1Br. The van der Waals surface area contributed by atoms with E-state index in [1.165, 1.54) is 0 Å². The van der Waals surface area contributed by atoms with Crippen LogP contribution < -0.4 is 10.6 Å². The van der Waals surface area contributed by atoms with E-state index in [2.05, 4.69) is 32.6 Å². The van der Waals surface area contributed by atoms with Crippen molar-refractivity contribution in [3.63, 3.8) is 0 Å². The fourth-order valence-electron chi connectivity index (χ4n) is 1.49. The zero-order valence-electron chi connectivity index (χ0n) is 11.2. The number of nitriles is 1. The summed E-state index contributed by atoms with van der Waals surface area (Å²) in [7, 11) is 0. The van der Waals surface area contributed by atoms with Crippen molar-refractivity contribution in [2.45, 2.75) is 32.7 Å². The zero-order chi connectivity index (χ0) is 14.3. The molecule has 102 valence electrons. The van der Waals surface area contributed by atoms with Gasteiger partial charge in [-0.2, -0.15) is 5.26 Å². The molecule has 0 heterocycles. The van der Waals surface area contributed by atoms with E-state index in [1.807, 2.05) is 19.9 Å². The minimum atomic E-state index is 0.0478. The topological polar surface area (TPSA) is 64.9 Å². The van der Waals surface area contributed by atoms with Crippen molar-refractivity contribution in [2.75, 3.05) is 11.9 Å². The van der Waals surface area contributed by atoms with Crippen molar-refractivity contribution in [3.05, 3.63) is 28.2 Å². The van der Waals surface area contributed by atoms with Crippen molar-refractivity contribution >= 4 is 27.5 Å². The fourth-order valence-corrected chi connectivity index (χ4v) is 2.01. The molecule has 0 spiro atoms. The van der Waals surface area contributed by atoms with E-state index in [4.69, 9.17) is 5.26 Å². The molecular formula is C14H18BrN3O. The minimum Gasteiger partial charge on any atom is -0.384 e. The molecule has 0 aliphatic heterocycles. The molecule has 5 heteroatoms. The summed E-state index contributed by atoms with van der Waals surface area (Å²) in [5.41, 5.74) is 1.49.